The first-order chi connectivity index (χ1) is 16.8. The van der Waals surface area contributed by atoms with Gasteiger partial charge in [0, 0.05) is 31.5 Å². The van der Waals surface area contributed by atoms with Crippen molar-refractivity contribution >= 4 is 64.4 Å². The third-order valence-corrected chi connectivity index (χ3v) is 7.78. The average molecular weight is 452 g/mol. The second-order valence-electron chi connectivity index (χ2n) is 8.70. The SMILES string of the molecule is c1ccc2c(c1)cc(-c1ccc(Nc3ccc4sc5ccccc5c4c3)cc1)c1ccccc12. The van der Waals surface area contributed by atoms with Crippen molar-refractivity contribution in [1.29, 1.82) is 0 Å². The molecule has 0 aliphatic rings. The maximum atomic E-state index is 3.60. The van der Waals surface area contributed by atoms with Gasteiger partial charge in [0.25, 0.3) is 0 Å². The number of rotatable bonds is 3. The second-order valence-corrected chi connectivity index (χ2v) is 9.79. The van der Waals surface area contributed by atoms with Crippen LogP contribution >= 0.6 is 11.3 Å². The van der Waals surface area contributed by atoms with Gasteiger partial charge in [0.15, 0.2) is 0 Å². The van der Waals surface area contributed by atoms with Crippen LogP contribution in [0.25, 0.3) is 52.8 Å². The normalized spacial score (nSPS) is 11.5. The fraction of sp³-hybridized carbons (Fsp3) is 0. The summed E-state index contributed by atoms with van der Waals surface area (Å²) in [6.45, 7) is 0. The quantitative estimate of drug-likeness (QED) is 0.264. The molecule has 6 aromatic carbocycles. The van der Waals surface area contributed by atoms with Gasteiger partial charge in [-0.2, -0.15) is 0 Å². The van der Waals surface area contributed by atoms with Crippen molar-refractivity contribution in [2.24, 2.45) is 0 Å². The van der Waals surface area contributed by atoms with Gasteiger partial charge in [-0.25, -0.2) is 0 Å². The zero-order chi connectivity index (χ0) is 22.5. The molecular formula is C32H21NS. The molecule has 1 nitrogen and oxygen atoms in total. The van der Waals surface area contributed by atoms with Gasteiger partial charge in [-0.1, -0.05) is 78.9 Å². The molecule has 1 aromatic heterocycles. The largest absolute Gasteiger partial charge is 0.356 e. The van der Waals surface area contributed by atoms with E-state index in [0.717, 1.165) is 11.4 Å². The lowest BCUT2D eigenvalue weighted by Crippen LogP contribution is -1.90. The van der Waals surface area contributed by atoms with Gasteiger partial charge in [-0.3, -0.25) is 0 Å². The lowest BCUT2D eigenvalue weighted by Gasteiger charge is -2.12. The highest BCUT2D eigenvalue weighted by molar-refractivity contribution is 7.25. The van der Waals surface area contributed by atoms with Crippen LogP contribution in [0.5, 0.6) is 0 Å². The Labute approximate surface area is 201 Å². The fourth-order valence-corrected chi connectivity index (χ4v) is 6.08. The Morgan fingerprint density at radius 2 is 1.09 bits per heavy atom. The number of nitrogens with one attached hydrogen (secondary N) is 1. The van der Waals surface area contributed by atoms with Crippen molar-refractivity contribution < 1.29 is 0 Å². The standard InChI is InChI=1S/C32H21NS/c1-2-8-25-22(7-1)19-29(27-10-4-3-9-26(25)27)21-13-15-23(16-14-21)33-24-17-18-32-30(20-24)28-11-5-6-12-31(28)34-32/h1-20,33H. The van der Waals surface area contributed by atoms with E-state index in [9.17, 15) is 0 Å². The van der Waals surface area contributed by atoms with E-state index >= 15 is 0 Å². The van der Waals surface area contributed by atoms with Crippen LogP contribution < -0.4 is 5.32 Å². The predicted molar refractivity (Wildman–Crippen MR) is 150 cm³/mol. The molecule has 0 atom stereocenters. The minimum absolute atomic E-state index is 1.09. The van der Waals surface area contributed by atoms with Crippen molar-refractivity contribution in [3.63, 3.8) is 0 Å². The van der Waals surface area contributed by atoms with Crippen molar-refractivity contribution in [3.05, 3.63) is 121 Å². The molecule has 34 heavy (non-hydrogen) atoms. The summed E-state index contributed by atoms with van der Waals surface area (Å²) in [5, 5.41) is 11.4. The maximum Gasteiger partial charge on any atom is 0.0391 e. The molecule has 0 aliphatic carbocycles. The fourth-order valence-electron chi connectivity index (χ4n) is 5.00. The molecule has 0 radical (unpaired) electrons. The lowest BCUT2D eigenvalue weighted by molar-refractivity contribution is 1.57. The minimum atomic E-state index is 1.09. The number of fused-ring (bicyclic) bond motifs is 6. The summed E-state index contributed by atoms with van der Waals surface area (Å²) in [6, 6.07) is 43.7. The minimum Gasteiger partial charge on any atom is -0.356 e. The molecule has 0 bridgehead atoms. The van der Waals surface area contributed by atoms with Crippen LogP contribution in [0.2, 0.25) is 0 Å². The van der Waals surface area contributed by atoms with E-state index in [1.54, 1.807) is 0 Å². The first kappa shape index (κ1) is 19.3. The molecule has 0 amide bonds. The number of hydrogen-bond donors (Lipinski definition) is 1. The summed E-state index contributed by atoms with van der Waals surface area (Å²) >= 11 is 1.85. The molecule has 7 aromatic rings. The first-order valence-corrected chi connectivity index (χ1v) is 12.3. The molecule has 0 spiro atoms. The number of hydrogen-bond acceptors (Lipinski definition) is 2. The Balaban J connectivity index is 1.26. The molecule has 1 N–H and O–H groups in total. The van der Waals surface area contributed by atoms with Gasteiger partial charge in [0.2, 0.25) is 0 Å². The highest BCUT2D eigenvalue weighted by atomic mass is 32.1. The first-order valence-electron chi connectivity index (χ1n) is 11.5. The molecule has 7 rings (SSSR count). The summed E-state index contributed by atoms with van der Waals surface area (Å²) < 4.78 is 2.66. The molecule has 0 fully saturated rings. The Morgan fingerprint density at radius 3 is 1.94 bits per heavy atom. The molecule has 0 unspecified atom stereocenters. The second kappa shape index (κ2) is 7.72. The van der Waals surface area contributed by atoms with Gasteiger partial charge in [-0.15, -0.1) is 11.3 Å². The van der Waals surface area contributed by atoms with Crippen molar-refractivity contribution in [2.45, 2.75) is 0 Å². The van der Waals surface area contributed by atoms with E-state index in [4.69, 9.17) is 0 Å². The lowest BCUT2D eigenvalue weighted by atomic mass is 9.93. The van der Waals surface area contributed by atoms with Crippen LogP contribution in [-0.2, 0) is 0 Å². The van der Waals surface area contributed by atoms with Gasteiger partial charge < -0.3 is 5.32 Å². The predicted octanol–water partition coefficient (Wildman–Crippen LogP) is 9.77. The number of thiophene rings is 1. The molecule has 0 saturated heterocycles. The molecule has 0 saturated carbocycles. The van der Waals surface area contributed by atoms with E-state index in [-0.39, 0.29) is 0 Å². The average Bonchev–Trinajstić information content (AvgIpc) is 3.27. The van der Waals surface area contributed by atoms with Crippen molar-refractivity contribution in [3.8, 4) is 11.1 Å². The Morgan fingerprint density at radius 1 is 0.441 bits per heavy atom. The summed E-state index contributed by atoms with van der Waals surface area (Å²) in [5.41, 5.74) is 4.70. The van der Waals surface area contributed by atoms with E-state index in [0.29, 0.717) is 0 Å². The van der Waals surface area contributed by atoms with Gasteiger partial charge in [-0.05, 0) is 75.1 Å². The molecule has 1 heterocycles. The van der Waals surface area contributed by atoms with Crippen LogP contribution in [0.4, 0.5) is 11.4 Å². The van der Waals surface area contributed by atoms with Crippen LogP contribution in [0, 0.1) is 0 Å². The molecule has 160 valence electrons. The highest BCUT2D eigenvalue weighted by Gasteiger charge is 2.09. The van der Waals surface area contributed by atoms with Crippen LogP contribution in [-0.4, -0.2) is 0 Å². The topological polar surface area (TPSA) is 12.0 Å². The number of anilines is 2. The summed E-state index contributed by atoms with van der Waals surface area (Å²) in [6.07, 6.45) is 0. The summed E-state index contributed by atoms with van der Waals surface area (Å²) in [4.78, 5) is 0. The summed E-state index contributed by atoms with van der Waals surface area (Å²) in [5.74, 6) is 0. The third-order valence-electron chi connectivity index (χ3n) is 6.63. The Kier molecular flexibility index (Phi) is 4.39. The molecular weight excluding hydrogens is 430 g/mol. The highest BCUT2D eigenvalue weighted by Crippen LogP contribution is 2.37. The summed E-state index contributed by atoms with van der Waals surface area (Å²) in [7, 11) is 0. The molecule has 2 heteroatoms. The monoisotopic (exact) mass is 451 g/mol. The van der Waals surface area contributed by atoms with E-state index in [1.165, 1.54) is 52.8 Å². The Bertz CT molecular complexity index is 1830. The van der Waals surface area contributed by atoms with Crippen molar-refractivity contribution in [1.82, 2.24) is 0 Å². The van der Waals surface area contributed by atoms with Gasteiger partial charge >= 0.3 is 0 Å². The van der Waals surface area contributed by atoms with Crippen LogP contribution in [0.1, 0.15) is 0 Å². The zero-order valence-corrected chi connectivity index (χ0v) is 19.3. The van der Waals surface area contributed by atoms with Crippen LogP contribution in [0.15, 0.2) is 121 Å². The van der Waals surface area contributed by atoms with E-state index in [1.807, 2.05) is 11.3 Å². The van der Waals surface area contributed by atoms with E-state index in [2.05, 4.69) is 127 Å². The van der Waals surface area contributed by atoms with E-state index < -0.39 is 0 Å². The number of benzene rings is 6. The van der Waals surface area contributed by atoms with Gasteiger partial charge in [0.05, 0.1) is 0 Å². The third kappa shape index (κ3) is 3.15. The van der Waals surface area contributed by atoms with Crippen LogP contribution in [0.3, 0.4) is 0 Å². The van der Waals surface area contributed by atoms with Gasteiger partial charge in [0.1, 0.15) is 0 Å². The smallest absolute Gasteiger partial charge is 0.0391 e. The zero-order valence-electron chi connectivity index (χ0n) is 18.5. The molecule has 0 aliphatic heterocycles. The Hall–Kier alpha value is -4.14. The maximum absolute atomic E-state index is 3.60. The van der Waals surface area contributed by atoms with Crippen molar-refractivity contribution in [2.75, 3.05) is 5.32 Å².